The largest absolute Gasteiger partial charge is 0.348 e. The van der Waals surface area contributed by atoms with Crippen molar-refractivity contribution in [3.8, 4) is 0 Å². The number of aromatic nitrogens is 2. The van der Waals surface area contributed by atoms with E-state index < -0.39 is 0 Å². The summed E-state index contributed by atoms with van der Waals surface area (Å²) in [5.41, 5.74) is 1.81. The third kappa shape index (κ3) is 1.79. The minimum absolute atomic E-state index is 0.249. The molecule has 0 amide bonds. The number of nitrogens with zero attached hydrogens (tertiary/aromatic N) is 2. The number of ether oxygens (including phenoxy) is 2. The van der Waals surface area contributed by atoms with Crippen LogP contribution in [-0.4, -0.2) is 29.2 Å². The Morgan fingerprint density at radius 1 is 1.27 bits per heavy atom. The van der Waals surface area contributed by atoms with E-state index in [0.717, 1.165) is 38.9 Å². The second-order valence-electron chi connectivity index (χ2n) is 4.16. The number of hydrogen-bond acceptors (Lipinski definition) is 5. The van der Waals surface area contributed by atoms with Gasteiger partial charge in [-0.25, -0.2) is 0 Å². The van der Waals surface area contributed by atoms with Crippen molar-refractivity contribution < 1.29 is 9.47 Å². The highest BCUT2D eigenvalue weighted by Gasteiger charge is 2.41. The SMILES string of the molecule is c1nnc(C2CCC3(CC2)OCCO3)s1. The molecular formula is C10H14N2O2S. The summed E-state index contributed by atoms with van der Waals surface area (Å²) in [6.07, 6.45) is 4.21. The van der Waals surface area contributed by atoms with Crippen molar-refractivity contribution in [2.45, 2.75) is 37.4 Å². The molecule has 1 spiro atoms. The van der Waals surface area contributed by atoms with Crippen LogP contribution in [0.15, 0.2) is 5.51 Å². The first-order chi connectivity index (χ1) is 7.38. The fourth-order valence-electron chi connectivity index (χ4n) is 2.45. The summed E-state index contributed by atoms with van der Waals surface area (Å²) in [7, 11) is 0. The lowest BCUT2D eigenvalue weighted by atomic mass is 9.85. The fraction of sp³-hybridized carbons (Fsp3) is 0.800. The molecule has 0 bridgehead atoms. The van der Waals surface area contributed by atoms with Crippen LogP contribution in [0.25, 0.3) is 0 Å². The summed E-state index contributed by atoms with van der Waals surface area (Å²) < 4.78 is 11.4. The standard InChI is InChI=1S/C10H14N2O2S/c1-3-10(13-5-6-14-10)4-2-8(1)9-12-11-7-15-9/h7-8H,1-6H2. The van der Waals surface area contributed by atoms with Gasteiger partial charge in [0.15, 0.2) is 5.79 Å². The molecule has 2 heterocycles. The molecule has 2 fully saturated rings. The molecule has 1 saturated carbocycles. The minimum atomic E-state index is -0.249. The molecule has 0 N–H and O–H groups in total. The van der Waals surface area contributed by atoms with Gasteiger partial charge in [-0.15, -0.1) is 21.5 Å². The smallest absolute Gasteiger partial charge is 0.168 e. The van der Waals surface area contributed by atoms with E-state index in [4.69, 9.17) is 9.47 Å². The third-order valence-corrected chi connectivity index (χ3v) is 4.14. The Kier molecular flexibility index (Phi) is 2.46. The molecule has 5 heteroatoms. The lowest BCUT2D eigenvalue weighted by Crippen LogP contribution is -2.34. The van der Waals surface area contributed by atoms with Crippen molar-refractivity contribution in [1.82, 2.24) is 10.2 Å². The molecule has 1 aromatic heterocycles. The van der Waals surface area contributed by atoms with Gasteiger partial charge in [0.05, 0.1) is 13.2 Å². The summed E-state index contributed by atoms with van der Waals surface area (Å²) in [5, 5.41) is 9.20. The topological polar surface area (TPSA) is 44.2 Å². The monoisotopic (exact) mass is 226 g/mol. The lowest BCUT2D eigenvalue weighted by Gasteiger charge is -2.34. The van der Waals surface area contributed by atoms with Gasteiger partial charge in [0.1, 0.15) is 10.5 Å². The van der Waals surface area contributed by atoms with Crippen LogP contribution in [0.4, 0.5) is 0 Å². The van der Waals surface area contributed by atoms with E-state index in [2.05, 4.69) is 10.2 Å². The molecule has 1 saturated heterocycles. The van der Waals surface area contributed by atoms with E-state index in [0.29, 0.717) is 5.92 Å². The third-order valence-electron chi connectivity index (χ3n) is 3.29. The van der Waals surface area contributed by atoms with Crippen molar-refractivity contribution in [2.75, 3.05) is 13.2 Å². The average molecular weight is 226 g/mol. The molecule has 0 aromatic carbocycles. The Labute approximate surface area is 92.6 Å². The Hall–Kier alpha value is -0.520. The molecule has 4 nitrogen and oxygen atoms in total. The molecule has 0 radical (unpaired) electrons. The summed E-state index contributed by atoms with van der Waals surface area (Å²) in [6.45, 7) is 1.51. The van der Waals surface area contributed by atoms with Crippen molar-refractivity contribution in [2.24, 2.45) is 0 Å². The average Bonchev–Trinajstić information content (AvgIpc) is 2.91. The van der Waals surface area contributed by atoms with Gasteiger partial charge in [-0.1, -0.05) is 0 Å². The number of rotatable bonds is 1. The zero-order chi connectivity index (χ0) is 10.1. The van der Waals surface area contributed by atoms with Crippen molar-refractivity contribution in [3.05, 3.63) is 10.5 Å². The molecule has 15 heavy (non-hydrogen) atoms. The molecule has 1 aromatic rings. The number of hydrogen-bond donors (Lipinski definition) is 0. The Bertz CT molecular complexity index is 312. The van der Waals surface area contributed by atoms with E-state index >= 15 is 0 Å². The molecule has 0 unspecified atom stereocenters. The van der Waals surface area contributed by atoms with Crippen molar-refractivity contribution in [3.63, 3.8) is 0 Å². The molecule has 0 atom stereocenters. The van der Waals surface area contributed by atoms with Crippen LogP contribution >= 0.6 is 11.3 Å². The first-order valence-corrected chi connectivity index (χ1v) is 6.30. The van der Waals surface area contributed by atoms with Crippen molar-refractivity contribution >= 4 is 11.3 Å². The van der Waals surface area contributed by atoms with Gasteiger partial charge in [-0.2, -0.15) is 0 Å². The van der Waals surface area contributed by atoms with Crippen LogP contribution in [-0.2, 0) is 9.47 Å². The predicted molar refractivity (Wildman–Crippen MR) is 55.8 cm³/mol. The van der Waals surface area contributed by atoms with Gasteiger partial charge >= 0.3 is 0 Å². The Balaban J connectivity index is 1.65. The van der Waals surface area contributed by atoms with Crippen LogP contribution in [0.2, 0.25) is 0 Å². The molecule has 82 valence electrons. The summed E-state index contributed by atoms with van der Waals surface area (Å²) >= 11 is 1.66. The summed E-state index contributed by atoms with van der Waals surface area (Å²) in [5.74, 6) is 0.317. The molecule has 1 aliphatic heterocycles. The van der Waals surface area contributed by atoms with E-state index in [1.807, 2.05) is 5.51 Å². The second kappa shape index (κ2) is 3.81. The van der Waals surface area contributed by atoms with Crippen LogP contribution in [0.5, 0.6) is 0 Å². The van der Waals surface area contributed by atoms with E-state index in [-0.39, 0.29) is 5.79 Å². The Morgan fingerprint density at radius 3 is 2.60 bits per heavy atom. The zero-order valence-corrected chi connectivity index (χ0v) is 9.33. The molecule has 2 aliphatic rings. The fourth-order valence-corrected chi connectivity index (χ4v) is 3.17. The van der Waals surface area contributed by atoms with E-state index in [1.54, 1.807) is 11.3 Å². The van der Waals surface area contributed by atoms with E-state index in [9.17, 15) is 0 Å². The second-order valence-corrected chi connectivity index (χ2v) is 5.02. The predicted octanol–water partition coefficient (Wildman–Crippen LogP) is 1.94. The zero-order valence-electron chi connectivity index (χ0n) is 8.52. The summed E-state index contributed by atoms with van der Waals surface area (Å²) in [4.78, 5) is 0. The van der Waals surface area contributed by atoms with Gasteiger partial charge < -0.3 is 9.47 Å². The van der Waals surface area contributed by atoms with Crippen LogP contribution in [0, 0.1) is 0 Å². The minimum Gasteiger partial charge on any atom is -0.348 e. The highest BCUT2D eigenvalue weighted by Crippen LogP contribution is 2.42. The quantitative estimate of drug-likeness (QED) is 0.734. The van der Waals surface area contributed by atoms with Crippen LogP contribution < -0.4 is 0 Å². The van der Waals surface area contributed by atoms with Crippen molar-refractivity contribution in [1.29, 1.82) is 0 Å². The Morgan fingerprint density at radius 2 is 2.00 bits per heavy atom. The molecule has 1 aliphatic carbocycles. The first kappa shape index (κ1) is 9.69. The highest BCUT2D eigenvalue weighted by atomic mass is 32.1. The maximum absolute atomic E-state index is 5.69. The molecular weight excluding hydrogens is 212 g/mol. The first-order valence-electron chi connectivity index (χ1n) is 5.42. The van der Waals surface area contributed by atoms with Gasteiger partial charge in [-0.05, 0) is 12.8 Å². The van der Waals surface area contributed by atoms with Crippen LogP contribution in [0.3, 0.4) is 0 Å². The van der Waals surface area contributed by atoms with Gasteiger partial charge in [-0.3, -0.25) is 0 Å². The normalized spacial score (nSPS) is 26.1. The van der Waals surface area contributed by atoms with E-state index in [1.165, 1.54) is 5.01 Å². The van der Waals surface area contributed by atoms with Crippen LogP contribution in [0.1, 0.15) is 36.6 Å². The van der Waals surface area contributed by atoms with Gasteiger partial charge in [0.2, 0.25) is 0 Å². The van der Waals surface area contributed by atoms with Gasteiger partial charge in [0.25, 0.3) is 0 Å². The lowest BCUT2D eigenvalue weighted by molar-refractivity contribution is -0.178. The summed E-state index contributed by atoms with van der Waals surface area (Å²) in [6, 6.07) is 0. The maximum Gasteiger partial charge on any atom is 0.168 e. The van der Waals surface area contributed by atoms with Gasteiger partial charge in [0, 0.05) is 18.8 Å². The highest BCUT2D eigenvalue weighted by molar-refractivity contribution is 7.09. The molecule has 3 rings (SSSR count). The maximum atomic E-state index is 5.69.